The molecule has 4 rings (SSSR count). The van der Waals surface area contributed by atoms with Crippen molar-refractivity contribution < 1.29 is 4.39 Å². The van der Waals surface area contributed by atoms with Gasteiger partial charge in [0.1, 0.15) is 5.82 Å². The number of nitrogens with zero attached hydrogens (tertiary/aromatic N) is 5. The minimum atomic E-state index is -0.293. The number of aromatic nitrogens is 4. The second-order valence-electron chi connectivity index (χ2n) is 8.40. The van der Waals surface area contributed by atoms with Gasteiger partial charge in [-0.25, -0.2) is 14.2 Å². The number of hydrogen-bond acceptors (Lipinski definition) is 3. The number of benzene rings is 2. The summed E-state index contributed by atoms with van der Waals surface area (Å²) < 4.78 is 20.5. The van der Waals surface area contributed by atoms with Crippen LogP contribution in [0.3, 0.4) is 0 Å². The highest BCUT2D eigenvalue weighted by Gasteiger charge is 2.20. The topological polar surface area (TPSA) is 48.0 Å². The van der Waals surface area contributed by atoms with Gasteiger partial charge in [0.2, 0.25) is 0 Å². The first-order chi connectivity index (χ1) is 15.3. The summed E-state index contributed by atoms with van der Waals surface area (Å²) in [5.41, 5.74) is 5.64. The maximum atomic E-state index is 14.8. The van der Waals surface area contributed by atoms with Crippen LogP contribution in [-0.4, -0.2) is 44.2 Å². The molecular formula is C25H30FN5O. The summed E-state index contributed by atoms with van der Waals surface area (Å²) in [4.78, 5) is 19.6. The van der Waals surface area contributed by atoms with Crippen molar-refractivity contribution >= 4 is 11.0 Å². The number of aryl methyl sites for hydroxylation is 3. The van der Waals surface area contributed by atoms with E-state index in [1.165, 1.54) is 6.07 Å². The van der Waals surface area contributed by atoms with E-state index in [1.54, 1.807) is 21.5 Å². The molecule has 0 N–H and O–H groups in total. The lowest BCUT2D eigenvalue weighted by Gasteiger charge is -2.15. The molecule has 7 heteroatoms. The Bertz CT molecular complexity index is 1330. The molecule has 32 heavy (non-hydrogen) atoms. The van der Waals surface area contributed by atoms with Gasteiger partial charge in [-0.15, -0.1) is 0 Å². The standard InChI is InChI=1S/C25H30FN5O/c1-6-30-21-11-9-18(15-22(21)31(7-2)25(30)32)24-23(19-14-17(3)8-10-20(19)26)27-16-29(24)13-12-28(4)5/h8-11,14-16H,6-7,12-13H2,1-5H3. The van der Waals surface area contributed by atoms with E-state index in [0.717, 1.165) is 40.9 Å². The minimum Gasteiger partial charge on any atom is -0.329 e. The van der Waals surface area contributed by atoms with E-state index < -0.39 is 0 Å². The lowest BCUT2D eigenvalue weighted by Crippen LogP contribution is -2.23. The molecule has 0 atom stereocenters. The lowest BCUT2D eigenvalue weighted by atomic mass is 10.0. The first kappa shape index (κ1) is 22.0. The maximum Gasteiger partial charge on any atom is 0.329 e. The third-order valence-corrected chi connectivity index (χ3v) is 5.93. The van der Waals surface area contributed by atoms with Crippen LogP contribution in [0.5, 0.6) is 0 Å². The summed E-state index contributed by atoms with van der Waals surface area (Å²) in [6.45, 7) is 8.65. The number of imidazole rings is 2. The van der Waals surface area contributed by atoms with Crippen molar-refractivity contribution in [3.63, 3.8) is 0 Å². The third-order valence-electron chi connectivity index (χ3n) is 5.93. The largest absolute Gasteiger partial charge is 0.329 e. The summed E-state index contributed by atoms with van der Waals surface area (Å²) in [5, 5.41) is 0. The maximum absolute atomic E-state index is 14.8. The van der Waals surface area contributed by atoms with Gasteiger partial charge in [0.25, 0.3) is 0 Å². The Morgan fingerprint density at radius 2 is 1.72 bits per heavy atom. The van der Waals surface area contributed by atoms with E-state index in [1.807, 2.05) is 59.1 Å². The van der Waals surface area contributed by atoms with Crippen molar-refractivity contribution in [1.29, 1.82) is 0 Å². The van der Waals surface area contributed by atoms with Gasteiger partial charge < -0.3 is 9.47 Å². The van der Waals surface area contributed by atoms with Crippen molar-refractivity contribution in [1.82, 2.24) is 23.6 Å². The zero-order chi connectivity index (χ0) is 23.0. The minimum absolute atomic E-state index is 0.00628. The Labute approximate surface area is 187 Å². The van der Waals surface area contributed by atoms with E-state index in [9.17, 15) is 9.18 Å². The van der Waals surface area contributed by atoms with Gasteiger partial charge in [-0.2, -0.15) is 0 Å². The van der Waals surface area contributed by atoms with Gasteiger partial charge in [-0.05, 0) is 59.1 Å². The number of rotatable bonds is 7. The quantitative estimate of drug-likeness (QED) is 0.433. The van der Waals surface area contributed by atoms with Crippen LogP contribution in [0, 0.1) is 12.7 Å². The highest BCUT2D eigenvalue weighted by atomic mass is 19.1. The molecule has 0 fully saturated rings. The summed E-state index contributed by atoms with van der Waals surface area (Å²) in [6.07, 6.45) is 1.78. The highest BCUT2D eigenvalue weighted by Crippen LogP contribution is 2.34. The van der Waals surface area contributed by atoms with Gasteiger partial charge in [0.15, 0.2) is 0 Å². The molecule has 0 aliphatic heterocycles. The van der Waals surface area contributed by atoms with Crippen molar-refractivity contribution in [3.8, 4) is 22.5 Å². The zero-order valence-electron chi connectivity index (χ0n) is 19.4. The highest BCUT2D eigenvalue weighted by molar-refractivity contribution is 5.86. The monoisotopic (exact) mass is 435 g/mol. The Kier molecular flexibility index (Phi) is 6.02. The average molecular weight is 436 g/mol. The number of halogens is 1. The molecule has 4 aromatic rings. The smallest absolute Gasteiger partial charge is 0.329 e. The predicted octanol–water partition coefficient (Wildman–Crippen LogP) is 4.38. The molecule has 0 amide bonds. The Morgan fingerprint density at radius 3 is 2.41 bits per heavy atom. The molecule has 0 saturated carbocycles. The lowest BCUT2D eigenvalue weighted by molar-refractivity contribution is 0.385. The molecule has 0 bridgehead atoms. The molecule has 0 aliphatic rings. The van der Waals surface area contributed by atoms with Crippen molar-refractivity contribution in [3.05, 3.63) is 64.6 Å². The van der Waals surface area contributed by atoms with Gasteiger partial charge >= 0.3 is 5.69 Å². The normalized spacial score (nSPS) is 11.7. The zero-order valence-corrected chi connectivity index (χ0v) is 19.4. The molecule has 0 radical (unpaired) electrons. The third kappa shape index (κ3) is 3.77. The summed E-state index contributed by atoms with van der Waals surface area (Å²) in [7, 11) is 4.05. The summed E-state index contributed by atoms with van der Waals surface area (Å²) in [5.74, 6) is -0.293. The van der Waals surface area contributed by atoms with Crippen molar-refractivity contribution in [2.75, 3.05) is 20.6 Å². The van der Waals surface area contributed by atoms with Crippen LogP contribution in [0.15, 0.2) is 47.5 Å². The molecule has 0 unspecified atom stereocenters. The fraction of sp³-hybridized carbons (Fsp3) is 0.360. The van der Waals surface area contributed by atoms with Crippen LogP contribution >= 0.6 is 0 Å². The molecule has 0 spiro atoms. The fourth-order valence-electron chi connectivity index (χ4n) is 4.26. The Balaban J connectivity index is 1.97. The molecule has 0 saturated heterocycles. The van der Waals surface area contributed by atoms with E-state index in [4.69, 9.17) is 0 Å². The summed E-state index contributed by atoms with van der Waals surface area (Å²) >= 11 is 0. The molecule has 2 heterocycles. The Morgan fingerprint density at radius 1 is 1.00 bits per heavy atom. The number of hydrogen-bond donors (Lipinski definition) is 0. The van der Waals surface area contributed by atoms with Crippen LogP contribution in [-0.2, 0) is 19.6 Å². The molecule has 6 nitrogen and oxygen atoms in total. The van der Waals surface area contributed by atoms with E-state index >= 15 is 0 Å². The van der Waals surface area contributed by atoms with Crippen LogP contribution < -0.4 is 5.69 Å². The first-order valence-corrected chi connectivity index (χ1v) is 11.1. The predicted molar refractivity (Wildman–Crippen MR) is 127 cm³/mol. The van der Waals surface area contributed by atoms with Crippen LogP contribution in [0.2, 0.25) is 0 Å². The molecule has 0 aliphatic carbocycles. The molecule has 2 aromatic carbocycles. The van der Waals surface area contributed by atoms with Gasteiger partial charge in [0.05, 0.1) is 28.7 Å². The Hall–Kier alpha value is -3.19. The van der Waals surface area contributed by atoms with E-state index in [0.29, 0.717) is 24.3 Å². The second-order valence-corrected chi connectivity index (χ2v) is 8.40. The molecule has 2 aromatic heterocycles. The van der Waals surface area contributed by atoms with Crippen LogP contribution in [0.4, 0.5) is 4.39 Å². The molecular weight excluding hydrogens is 405 g/mol. The van der Waals surface area contributed by atoms with Crippen molar-refractivity contribution in [2.24, 2.45) is 0 Å². The summed E-state index contributed by atoms with van der Waals surface area (Å²) in [6, 6.07) is 11.1. The van der Waals surface area contributed by atoms with Crippen LogP contribution in [0.1, 0.15) is 19.4 Å². The van der Waals surface area contributed by atoms with Crippen LogP contribution in [0.25, 0.3) is 33.5 Å². The SMILES string of the molecule is CCn1c(=O)n(CC)c2cc(-c3c(-c4cc(C)ccc4F)ncn3CCN(C)C)ccc21. The van der Waals surface area contributed by atoms with E-state index in [-0.39, 0.29) is 11.5 Å². The second kappa shape index (κ2) is 8.74. The number of fused-ring (bicyclic) bond motifs is 1. The van der Waals surface area contributed by atoms with Crippen molar-refractivity contribution in [2.45, 2.75) is 40.4 Å². The average Bonchev–Trinajstić information content (AvgIpc) is 3.30. The number of likely N-dealkylation sites (N-methyl/N-ethyl adjacent to an activating group) is 1. The van der Waals surface area contributed by atoms with Gasteiger partial charge in [-0.3, -0.25) is 9.13 Å². The fourth-order valence-corrected chi connectivity index (χ4v) is 4.26. The van der Waals surface area contributed by atoms with Gasteiger partial charge in [-0.1, -0.05) is 17.7 Å². The molecule has 168 valence electrons. The van der Waals surface area contributed by atoms with Gasteiger partial charge in [0, 0.05) is 37.3 Å². The van der Waals surface area contributed by atoms with E-state index in [2.05, 4.69) is 14.5 Å². The first-order valence-electron chi connectivity index (χ1n) is 11.1.